The van der Waals surface area contributed by atoms with Crippen LogP contribution in [-0.4, -0.2) is 52.7 Å². The van der Waals surface area contributed by atoms with E-state index in [1.54, 1.807) is 0 Å². The number of nitrogens with zero attached hydrogens (tertiary/aromatic N) is 2. The van der Waals surface area contributed by atoms with Gasteiger partial charge in [-0.15, -0.1) is 0 Å². The van der Waals surface area contributed by atoms with Crippen molar-refractivity contribution in [3.63, 3.8) is 0 Å². The Morgan fingerprint density at radius 2 is 2.00 bits per heavy atom. The zero-order valence-corrected chi connectivity index (χ0v) is 10.2. The summed E-state index contributed by atoms with van der Waals surface area (Å²) in [5, 5.41) is 8.73. The van der Waals surface area contributed by atoms with Gasteiger partial charge in [-0.25, -0.2) is 0 Å². The highest BCUT2D eigenvalue weighted by Gasteiger charge is 2.46. The predicted molar refractivity (Wildman–Crippen MR) is 59.3 cm³/mol. The van der Waals surface area contributed by atoms with Crippen LogP contribution in [0.5, 0.6) is 0 Å². The Morgan fingerprint density at radius 1 is 1.40 bits per heavy atom. The van der Waals surface area contributed by atoms with Gasteiger partial charge >= 0.3 is 0 Å². The molecule has 1 fully saturated rings. The number of amides is 1. The molecule has 1 unspecified atom stereocenters. The van der Waals surface area contributed by atoms with E-state index < -0.39 is 0 Å². The summed E-state index contributed by atoms with van der Waals surface area (Å²) >= 11 is 0. The molecule has 1 rings (SSSR count). The molecular weight excluding hydrogens is 192 g/mol. The first kappa shape index (κ1) is 12.5. The van der Waals surface area contributed by atoms with Crippen molar-refractivity contribution in [1.29, 1.82) is 0 Å². The maximum absolute atomic E-state index is 11.9. The summed E-state index contributed by atoms with van der Waals surface area (Å²) in [5.41, 5.74) is -0.202. The lowest BCUT2D eigenvalue weighted by Crippen LogP contribution is -2.48. The van der Waals surface area contributed by atoms with Gasteiger partial charge in [0, 0.05) is 13.2 Å². The quantitative estimate of drug-likeness (QED) is 0.699. The van der Waals surface area contributed by atoms with Crippen molar-refractivity contribution in [2.24, 2.45) is 0 Å². The Bertz CT molecular complexity index is 241. The zero-order chi connectivity index (χ0) is 11.6. The van der Waals surface area contributed by atoms with E-state index in [1.807, 2.05) is 18.9 Å². The third-order valence-electron chi connectivity index (χ3n) is 3.52. The van der Waals surface area contributed by atoms with Crippen molar-refractivity contribution in [2.75, 3.05) is 20.2 Å². The van der Waals surface area contributed by atoms with E-state index in [0.29, 0.717) is 0 Å². The molecule has 4 nitrogen and oxygen atoms in total. The monoisotopic (exact) mass is 214 g/mol. The molecule has 0 saturated carbocycles. The van der Waals surface area contributed by atoms with Gasteiger partial charge in [0.15, 0.2) is 0 Å². The minimum atomic E-state index is -0.202. The SMILES string of the molecule is CC1C(=O)N(CCCCO)C(C)(C)N1C. The van der Waals surface area contributed by atoms with Crippen LogP contribution in [0.25, 0.3) is 0 Å². The Morgan fingerprint density at radius 3 is 2.40 bits per heavy atom. The number of hydrogen-bond acceptors (Lipinski definition) is 3. The van der Waals surface area contributed by atoms with Gasteiger partial charge < -0.3 is 10.0 Å². The normalized spacial score (nSPS) is 26.3. The molecule has 0 aliphatic carbocycles. The van der Waals surface area contributed by atoms with Crippen LogP contribution in [-0.2, 0) is 4.79 Å². The lowest BCUT2D eigenvalue weighted by Gasteiger charge is -2.36. The highest BCUT2D eigenvalue weighted by Crippen LogP contribution is 2.29. The molecule has 1 amide bonds. The number of likely N-dealkylation sites (N-methyl/N-ethyl adjacent to an activating group) is 1. The molecule has 0 aromatic rings. The Kier molecular flexibility index (Phi) is 3.73. The molecule has 0 aromatic heterocycles. The molecule has 4 heteroatoms. The van der Waals surface area contributed by atoms with Crippen LogP contribution in [0, 0.1) is 0 Å². The largest absolute Gasteiger partial charge is 0.396 e. The van der Waals surface area contributed by atoms with Crippen LogP contribution in [0.15, 0.2) is 0 Å². The molecule has 1 N–H and O–H groups in total. The summed E-state index contributed by atoms with van der Waals surface area (Å²) in [6, 6.07) is -0.0332. The first-order valence-electron chi connectivity index (χ1n) is 5.58. The van der Waals surface area contributed by atoms with Gasteiger partial charge in [0.2, 0.25) is 5.91 Å². The fourth-order valence-electron chi connectivity index (χ4n) is 2.09. The van der Waals surface area contributed by atoms with Crippen molar-refractivity contribution in [2.45, 2.75) is 45.3 Å². The van der Waals surface area contributed by atoms with E-state index in [1.165, 1.54) is 0 Å². The summed E-state index contributed by atoms with van der Waals surface area (Å²) in [7, 11) is 1.98. The van der Waals surface area contributed by atoms with Crippen LogP contribution >= 0.6 is 0 Å². The first-order valence-corrected chi connectivity index (χ1v) is 5.58. The molecule has 1 heterocycles. The lowest BCUT2D eigenvalue weighted by atomic mass is 10.2. The van der Waals surface area contributed by atoms with E-state index in [-0.39, 0.29) is 24.2 Å². The van der Waals surface area contributed by atoms with Crippen molar-refractivity contribution in [3.05, 3.63) is 0 Å². The molecule has 0 aromatic carbocycles. The van der Waals surface area contributed by atoms with Crippen molar-refractivity contribution in [1.82, 2.24) is 9.80 Å². The molecule has 1 aliphatic heterocycles. The number of rotatable bonds is 4. The number of unbranched alkanes of at least 4 members (excludes halogenated alkanes) is 1. The predicted octanol–water partition coefficient (Wildman–Crippen LogP) is 0.657. The van der Waals surface area contributed by atoms with E-state index in [0.717, 1.165) is 19.4 Å². The summed E-state index contributed by atoms with van der Waals surface area (Å²) in [5.74, 6) is 0.195. The fourth-order valence-corrected chi connectivity index (χ4v) is 2.09. The van der Waals surface area contributed by atoms with Gasteiger partial charge in [-0.05, 0) is 40.7 Å². The van der Waals surface area contributed by atoms with E-state index in [4.69, 9.17) is 5.11 Å². The van der Waals surface area contributed by atoms with Crippen molar-refractivity contribution < 1.29 is 9.90 Å². The van der Waals surface area contributed by atoms with E-state index in [9.17, 15) is 4.79 Å². The molecule has 1 aliphatic rings. The highest BCUT2D eigenvalue weighted by atomic mass is 16.3. The second-order valence-corrected chi connectivity index (χ2v) is 4.70. The average Bonchev–Trinajstić information content (AvgIpc) is 2.32. The van der Waals surface area contributed by atoms with Gasteiger partial charge in [0.25, 0.3) is 0 Å². The number of carbonyl (C=O) groups excluding carboxylic acids is 1. The zero-order valence-electron chi connectivity index (χ0n) is 10.2. The number of hydrogen-bond donors (Lipinski definition) is 1. The molecule has 0 spiro atoms. The van der Waals surface area contributed by atoms with Crippen LogP contribution in [0.4, 0.5) is 0 Å². The third-order valence-corrected chi connectivity index (χ3v) is 3.52. The Hall–Kier alpha value is -0.610. The van der Waals surface area contributed by atoms with Gasteiger partial charge in [-0.2, -0.15) is 0 Å². The smallest absolute Gasteiger partial charge is 0.241 e. The highest BCUT2D eigenvalue weighted by molar-refractivity contribution is 5.84. The molecule has 0 bridgehead atoms. The minimum absolute atomic E-state index is 0.0332. The van der Waals surface area contributed by atoms with Gasteiger partial charge in [0.05, 0.1) is 11.7 Å². The van der Waals surface area contributed by atoms with Crippen LogP contribution in [0.1, 0.15) is 33.6 Å². The van der Waals surface area contributed by atoms with Gasteiger partial charge in [-0.3, -0.25) is 9.69 Å². The van der Waals surface area contributed by atoms with E-state index >= 15 is 0 Å². The Labute approximate surface area is 91.9 Å². The number of aliphatic hydroxyl groups is 1. The molecule has 88 valence electrons. The molecule has 1 saturated heterocycles. The van der Waals surface area contributed by atoms with Crippen LogP contribution < -0.4 is 0 Å². The molecule has 1 atom stereocenters. The molecule has 0 radical (unpaired) electrons. The number of aliphatic hydroxyl groups excluding tert-OH is 1. The molecule has 15 heavy (non-hydrogen) atoms. The second-order valence-electron chi connectivity index (χ2n) is 4.70. The second kappa shape index (κ2) is 4.49. The van der Waals surface area contributed by atoms with Crippen molar-refractivity contribution in [3.8, 4) is 0 Å². The molecular formula is C11H22N2O2. The standard InChI is InChI=1S/C11H22N2O2/c1-9-10(15)13(7-5-6-8-14)11(2,3)12(9)4/h9,14H,5-8H2,1-4H3. The minimum Gasteiger partial charge on any atom is -0.396 e. The summed E-state index contributed by atoms with van der Waals surface area (Å²) in [4.78, 5) is 15.9. The average molecular weight is 214 g/mol. The summed E-state index contributed by atoms with van der Waals surface area (Å²) < 4.78 is 0. The van der Waals surface area contributed by atoms with Gasteiger partial charge in [0.1, 0.15) is 0 Å². The summed E-state index contributed by atoms with van der Waals surface area (Å²) in [6.45, 7) is 7.01. The van der Waals surface area contributed by atoms with Crippen LogP contribution in [0.3, 0.4) is 0 Å². The topological polar surface area (TPSA) is 43.8 Å². The maximum atomic E-state index is 11.9. The Balaban J connectivity index is 2.66. The maximum Gasteiger partial charge on any atom is 0.241 e. The van der Waals surface area contributed by atoms with Crippen molar-refractivity contribution >= 4 is 5.91 Å². The van der Waals surface area contributed by atoms with Gasteiger partial charge in [-0.1, -0.05) is 0 Å². The van der Waals surface area contributed by atoms with Crippen LogP contribution in [0.2, 0.25) is 0 Å². The first-order chi connectivity index (χ1) is 6.92. The summed E-state index contributed by atoms with van der Waals surface area (Å²) in [6.07, 6.45) is 1.63. The van der Waals surface area contributed by atoms with E-state index in [2.05, 4.69) is 18.7 Å². The fraction of sp³-hybridized carbons (Fsp3) is 0.909. The number of carbonyl (C=O) groups is 1. The third kappa shape index (κ3) is 2.16. The lowest BCUT2D eigenvalue weighted by molar-refractivity contribution is -0.131.